The van der Waals surface area contributed by atoms with Gasteiger partial charge in [0.15, 0.2) is 5.13 Å². The van der Waals surface area contributed by atoms with Crippen LogP contribution >= 0.6 is 11.3 Å². The highest BCUT2D eigenvalue weighted by atomic mass is 32.1. The van der Waals surface area contributed by atoms with E-state index >= 15 is 0 Å². The predicted molar refractivity (Wildman–Crippen MR) is 65.9 cm³/mol. The maximum absolute atomic E-state index is 11.4. The lowest BCUT2D eigenvalue weighted by Crippen LogP contribution is -2.13. The van der Waals surface area contributed by atoms with Crippen LogP contribution in [0.15, 0.2) is 5.38 Å². The highest BCUT2D eigenvalue weighted by Crippen LogP contribution is 2.23. The number of anilines is 1. The van der Waals surface area contributed by atoms with Crippen LogP contribution in [0, 0.1) is 0 Å². The molecular formula is C11H18N2O2S. The van der Waals surface area contributed by atoms with Gasteiger partial charge in [0.2, 0.25) is 5.91 Å². The van der Waals surface area contributed by atoms with Crippen molar-refractivity contribution in [3.05, 3.63) is 11.1 Å². The van der Waals surface area contributed by atoms with Crippen molar-refractivity contribution in [1.29, 1.82) is 0 Å². The highest BCUT2D eigenvalue weighted by molar-refractivity contribution is 7.13. The van der Waals surface area contributed by atoms with Gasteiger partial charge in [-0.2, -0.15) is 0 Å². The van der Waals surface area contributed by atoms with Gasteiger partial charge in [-0.15, -0.1) is 11.3 Å². The number of hydrogen-bond donors (Lipinski definition) is 1. The molecule has 0 saturated carbocycles. The molecule has 1 heterocycles. The van der Waals surface area contributed by atoms with Crippen LogP contribution in [-0.4, -0.2) is 24.6 Å². The lowest BCUT2D eigenvalue weighted by atomic mass is 10.1. The van der Waals surface area contributed by atoms with Crippen LogP contribution in [0.1, 0.15) is 38.3 Å². The molecular weight excluding hydrogens is 224 g/mol. The summed E-state index contributed by atoms with van der Waals surface area (Å²) in [6.07, 6.45) is 1.43. The number of ether oxygens (including phenoxy) is 1. The molecule has 4 nitrogen and oxygen atoms in total. The second-order valence-corrected chi connectivity index (χ2v) is 4.54. The molecule has 1 rings (SSSR count). The Balaban J connectivity index is 2.48. The fourth-order valence-corrected chi connectivity index (χ4v) is 2.00. The van der Waals surface area contributed by atoms with Crippen LogP contribution in [0.25, 0.3) is 0 Å². The molecule has 0 spiro atoms. The molecule has 0 aliphatic carbocycles. The largest absolute Gasteiger partial charge is 0.384 e. The molecule has 1 amide bonds. The second-order valence-electron chi connectivity index (χ2n) is 3.68. The number of methoxy groups -OCH3 is 1. The molecule has 1 unspecified atom stereocenters. The molecule has 1 aromatic rings. The van der Waals surface area contributed by atoms with Crippen molar-refractivity contribution in [2.24, 2.45) is 0 Å². The maximum Gasteiger partial charge on any atom is 0.228 e. The van der Waals surface area contributed by atoms with Crippen molar-refractivity contribution in [1.82, 2.24) is 4.98 Å². The molecule has 16 heavy (non-hydrogen) atoms. The summed E-state index contributed by atoms with van der Waals surface area (Å²) in [4.78, 5) is 15.8. The van der Waals surface area contributed by atoms with E-state index in [2.05, 4.69) is 24.1 Å². The summed E-state index contributed by atoms with van der Waals surface area (Å²) in [5.74, 6) is 0.396. The third kappa shape index (κ3) is 3.90. The van der Waals surface area contributed by atoms with E-state index in [1.54, 1.807) is 7.11 Å². The van der Waals surface area contributed by atoms with Crippen LogP contribution in [-0.2, 0) is 9.53 Å². The zero-order valence-corrected chi connectivity index (χ0v) is 10.8. The van der Waals surface area contributed by atoms with E-state index in [1.165, 1.54) is 11.3 Å². The maximum atomic E-state index is 11.4. The molecule has 0 fully saturated rings. The quantitative estimate of drug-likeness (QED) is 0.834. The Labute approximate surface area is 100 Å². The Morgan fingerprint density at radius 3 is 3.06 bits per heavy atom. The lowest BCUT2D eigenvalue weighted by molar-refractivity contribution is -0.117. The normalized spacial score (nSPS) is 12.4. The Bertz CT molecular complexity index is 338. The van der Waals surface area contributed by atoms with Gasteiger partial charge in [-0.25, -0.2) is 4.98 Å². The van der Waals surface area contributed by atoms with E-state index in [1.807, 2.05) is 5.38 Å². The number of aromatic nitrogens is 1. The number of rotatable bonds is 6. The van der Waals surface area contributed by atoms with Crippen molar-refractivity contribution < 1.29 is 9.53 Å². The number of carbonyl (C=O) groups excluding carboxylic acids is 1. The molecule has 90 valence electrons. The number of thiazole rings is 1. The summed E-state index contributed by atoms with van der Waals surface area (Å²) in [6.45, 7) is 4.70. The topological polar surface area (TPSA) is 51.2 Å². The molecule has 0 radical (unpaired) electrons. The number of carbonyl (C=O) groups is 1. The molecule has 0 aliphatic heterocycles. The number of hydrogen-bond acceptors (Lipinski definition) is 4. The van der Waals surface area contributed by atoms with E-state index in [4.69, 9.17) is 4.74 Å². The molecule has 0 saturated heterocycles. The van der Waals surface area contributed by atoms with Crippen LogP contribution in [0.5, 0.6) is 0 Å². The zero-order valence-electron chi connectivity index (χ0n) is 9.95. The standard InChI is InChI=1S/C11H18N2O2S/c1-4-8(2)9-7-16-11(12-9)13-10(14)5-6-15-3/h7-8H,4-6H2,1-3H3,(H,12,13,14). The minimum absolute atomic E-state index is 0.0492. The van der Waals surface area contributed by atoms with Gasteiger partial charge in [-0.05, 0) is 12.3 Å². The third-order valence-electron chi connectivity index (χ3n) is 2.42. The number of nitrogens with zero attached hydrogens (tertiary/aromatic N) is 1. The van der Waals surface area contributed by atoms with E-state index in [9.17, 15) is 4.79 Å². The van der Waals surface area contributed by atoms with E-state index < -0.39 is 0 Å². The van der Waals surface area contributed by atoms with Crippen LogP contribution in [0.4, 0.5) is 5.13 Å². The number of amides is 1. The van der Waals surface area contributed by atoms with Gasteiger partial charge in [-0.3, -0.25) is 4.79 Å². The Kier molecular flexibility index (Phi) is 5.42. The van der Waals surface area contributed by atoms with Crippen LogP contribution in [0.2, 0.25) is 0 Å². The number of nitrogens with one attached hydrogen (secondary N) is 1. The average Bonchev–Trinajstić information content (AvgIpc) is 2.73. The first kappa shape index (κ1) is 13.1. The molecule has 1 atom stereocenters. The Hall–Kier alpha value is -0.940. The first-order chi connectivity index (χ1) is 7.67. The first-order valence-electron chi connectivity index (χ1n) is 5.41. The van der Waals surface area contributed by atoms with Crippen LogP contribution in [0.3, 0.4) is 0 Å². The Morgan fingerprint density at radius 1 is 1.69 bits per heavy atom. The highest BCUT2D eigenvalue weighted by Gasteiger charge is 2.10. The summed E-state index contributed by atoms with van der Waals surface area (Å²) < 4.78 is 4.83. The molecule has 1 N–H and O–H groups in total. The fraction of sp³-hybridized carbons (Fsp3) is 0.636. The summed E-state index contributed by atoms with van der Waals surface area (Å²) in [5, 5.41) is 5.44. The SMILES string of the molecule is CCC(C)c1csc(NC(=O)CCOC)n1. The summed E-state index contributed by atoms with van der Waals surface area (Å²) in [6, 6.07) is 0. The molecule has 1 aromatic heterocycles. The lowest BCUT2D eigenvalue weighted by Gasteiger charge is -2.03. The van der Waals surface area contributed by atoms with E-state index in [-0.39, 0.29) is 5.91 Å². The van der Waals surface area contributed by atoms with Crippen molar-refractivity contribution in [2.45, 2.75) is 32.6 Å². The second kappa shape index (κ2) is 6.60. The van der Waals surface area contributed by atoms with Crippen LogP contribution < -0.4 is 5.32 Å². The van der Waals surface area contributed by atoms with Gasteiger partial charge >= 0.3 is 0 Å². The summed E-state index contributed by atoms with van der Waals surface area (Å²) >= 11 is 1.47. The van der Waals surface area contributed by atoms with E-state index in [0.29, 0.717) is 24.1 Å². The molecule has 0 aromatic carbocycles. The van der Waals surface area contributed by atoms with E-state index in [0.717, 1.165) is 12.1 Å². The average molecular weight is 242 g/mol. The summed E-state index contributed by atoms with van der Waals surface area (Å²) in [7, 11) is 1.58. The van der Waals surface area contributed by atoms with Gasteiger partial charge in [0.05, 0.1) is 18.7 Å². The van der Waals surface area contributed by atoms with Crippen molar-refractivity contribution in [3.8, 4) is 0 Å². The minimum atomic E-state index is -0.0492. The monoisotopic (exact) mass is 242 g/mol. The first-order valence-corrected chi connectivity index (χ1v) is 6.29. The van der Waals surface area contributed by atoms with Gasteiger partial charge in [0.25, 0.3) is 0 Å². The molecule has 0 bridgehead atoms. The van der Waals surface area contributed by atoms with Crippen molar-refractivity contribution >= 4 is 22.4 Å². The van der Waals surface area contributed by atoms with Gasteiger partial charge in [0.1, 0.15) is 0 Å². The smallest absolute Gasteiger partial charge is 0.228 e. The zero-order chi connectivity index (χ0) is 12.0. The summed E-state index contributed by atoms with van der Waals surface area (Å²) in [5.41, 5.74) is 1.05. The Morgan fingerprint density at radius 2 is 2.44 bits per heavy atom. The van der Waals surface area contributed by atoms with Gasteiger partial charge in [-0.1, -0.05) is 13.8 Å². The van der Waals surface area contributed by atoms with Crippen molar-refractivity contribution in [3.63, 3.8) is 0 Å². The molecule has 0 aliphatic rings. The predicted octanol–water partition coefficient (Wildman–Crippen LogP) is 2.63. The van der Waals surface area contributed by atoms with Gasteiger partial charge in [0, 0.05) is 12.5 Å². The minimum Gasteiger partial charge on any atom is -0.384 e. The van der Waals surface area contributed by atoms with Crippen molar-refractivity contribution in [2.75, 3.05) is 19.0 Å². The third-order valence-corrected chi connectivity index (χ3v) is 3.19. The fourth-order valence-electron chi connectivity index (χ4n) is 1.16. The molecule has 5 heteroatoms. The van der Waals surface area contributed by atoms with Gasteiger partial charge < -0.3 is 10.1 Å².